The normalized spacial score (nSPS) is 16.1. The smallest absolute Gasteiger partial charge is 0.111 e. The van der Waals surface area contributed by atoms with Crippen LogP contribution in [-0.4, -0.2) is 40.6 Å². The van der Waals surface area contributed by atoms with Gasteiger partial charge in [0.15, 0.2) is 0 Å². The molecule has 1 aliphatic rings. The summed E-state index contributed by atoms with van der Waals surface area (Å²) in [6.45, 7) is 7.45. The number of benzene rings is 2. The van der Waals surface area contributed by atoms with E-state index in [4.69, 9.17) is 4.98 Å². The Morgan fingerprint density at radius 3 is 2.71 bits per heavy atom. The Hall–Kier alpha value is -1.69. The highest BCUT2D eigenvalue weighted by molar-refractivity contribution is 9.10. The van der Waals surface area contributed by atoms with Gasteiger partial charge in [0.1, 0.15) is 5.82 Å². The molecule has 0 saturated carbocycles. The lowest BCUT2D eigenvalue weighted by Gasteiger charge is -2.33. The van der Waals surface area contributed by atoms with Crippen molar-refractivity contribution in [3.63, 3.8) is 0 Å². The van der Waals surface area contributed by atoms with E-state index in [1.54, 1.807) is 0 Å². The Bertz CT molecular complexity index is 912. The van der Waals surface area contributed by atoms with Crippen molar-refractivity contribution in [2.75, 3.05) is 26.2 Å². The van der Waals surface area contributed by atoms with Crippen LogP contribution in [0.5, 0.6) is 0 Å². The van der Waals surface area contributed by atoms with Crippen molar-refractivity contribution in [1.29, 1.82) is 0 Å². The Labute approximate surface area is 176 Å². The molecule has 0 unspecified atom stereocenters. The zero-order valence-electron chi connectivity index (χ0n) is 16.6. The molecule has 3 aromatic rings. The first kappa shape index (κ1) is 19.6. The molecule has 1 fully saturated rings. The molecule has 4 nitrogen and oxygen atoms in total. The lowest BCUT2D eigenvalue weighted by Crippen LogP contribution is -2.34. The SMILES string of the molecule is CCNCCc1nc2ccccc2n1C1CCN(Cc2cccc(Br)c2)CC1. The zero-order chi connectivity index (χ0) is 19.3. The molecule has 2 aromatic carbocycles. The highest BCUT2D eigenvalue weighted by Crippen LogP contribution is 2.29. The summed E-state index contributed by atoms with van der Waals surface area (Å²) in [5.74, 6) is 1.23. The minimum absolute atomic E-state index is 0.544. The minimum atomic E-state index is 0.544. The highest BCUT2D eigenvalue weighted by atomic mass is 79.9. The first-order chi connectivity index (χ1) is 13.7. The van der Waals surface area contributed by atoms with Gasteiger partial charge in [-0.2, -0.15) is 0 Å². The number of hydrogen-bond acceptors (Lipinski definition) is 3. The molecule has 2 heterocycles. The third-order valence-corrected chi connectivity index (χ3v) is 6.15. The van der Waals surface area contributed by atoms with Crippen LogP contribution in [0.25, 0.3) is 11.0 Å². The second-order valence-electron chi connectivity index (χ2n) is 7.63. The molecule has 1 saturated heterocycles. The van der Waals surface area contributed by atoms with Gasteiger partial charge < -0.3 is 9.88 Å². The van der Waals surface area contributed by atoms with Crippen LogP contribution in [0.4, 0.5) is 0 Å². The van der Waals surface area contributed by atoms with Gasteiger partial charge in [0.2, 0.25) is 0 Å². The molecular formula is C23H29BrN4. The maximum absolute atomic E-state index is 4.96. The molecule has 4 rings (SSSR count). The summed E-state index contributed by atoms with van der Waals surface area (Å²) < 4.78 is 3.69. The molecule has 0 amide bonds. The van der Waals surface area contributed by atoms with Crippen molar-refractivity contribution < 1.29 is 0 Å². The molecule has 1 aromatic heterocycles. The molecule has 0 aliphatic carbocycles. The Morgan fingerprint density at radius 2 is 1.93 bits per heavy atom. The molecule has 5 heteroatoms. The van der Waals surface area contributed by atoms with Crippen LogP contribution in [-0.2, 0) is 13.0 Å². The van der Waals surface area contributed by atoms with Crippen LogP contribution in [0, 0.1) is 0 Å². The lowest BCUT2D eigenvalue weighted by molar-refractivity contribution is 0.180. The summed E-state index contributed by atoms with van der Waals surface area (Å²) in [6, 6.07) is 17.8. The van der Waals surface area contributed by atoms with E-state index in [-0.39, 0.29) is 0 Å². The fourth-order valence-corrected chi connectivity index (χ4v) is 4.73. The molecule has 0 spiro atoms. The third-order valence-electron chi connectivity index (χ3n) is 5.66. The van der Waals surface area contributed by atoms with Gasteiger partial charge in [-0.15, -0.1) is 0 Å². The first-order valence-electron chi connectivity index (χ1n) is 10.4. The van der Waals surface area contributed by atoms with Crippen LogP contribution >= 0.6 is 15.9 Å². The molecular weight excluding hydrogens is 412 g/mol. The number of nitrogens with one attached hydrogen (secondary N) is 1. The van der Waals surface area contributed by atoms with Gasteiger partial charge in [-0.25, -0.2) is 4.98 Å². The number of imidazole rings is 1. The van der Waals surface area contributed by atoms with Crippen LogP contribution in [0.3, 0.4) is 0 Å². The Kier molecular flexibility index (Phi) is 6.45. The largest absolute Gasteiger partial charge is 0.325 e. The lowest BCUT2D eigenvalue weighted by atomic mass is 10.0. The number of aromatic nitrogens is 2. The van der Waals surface area contributed by atoms with Gasteiger partial charge in [-0.05, 0) is 49.2 Å². The fourth-order valence-electron chi connectivity index (χ4n) is 4.28. The molecule has 148 valence electrons. The summed E-state index contributed by atoms with van der Waals surface area (Å²) in [5.41, 5.74) is 3.80. The van der Waals surface area contributed by atoms with E-state index >= 15 is 0 Å². The predicted octanol–water partition coefficient (Wildman–Crippen LogP) is 4.79. The van der Waals surface area contributed by atoms with Crippen LogP contribution < -0.4 is 5.32 Å². The van der Waals surface area contributed by atoms with Gasteiger partial charge in [-0.3, -0.25) is 4.90 Å². The van der Waals surface area contributed by atoms with Gasteiger partial charge in [0.25, 0.3) is 0 Å². The minimum Gasteiger partial charge on any atom is -0.325 e. The van der Waals surface area contributed by atoms with Crippen molar-refractivity contribution in [2.24, 2.45) is 0 Å². The molecule has 1 aliphatic heterocycles. The number of likely N-dealkylation sites (tertiary alicyclic amines) is 1. The maximum atomic E-state index is 4.96. The highest BCUT2D eigenvalue weighted by Gasteiger charge is 2.24. The number of halogens is 1. The number of hydrogen-bond donors (Lipinski definition) is 1. The van der Waals surface area contributed by atoms with E-state index < -0.39 is 0 Å². The Balaban J connectivity index is 1.47. The average molecular weight is 441 g/mol. The quantitative estimate of drug-likeness (QED) is 0.536. The second-order valence-corrected chi connectivity index (χ2v) is 8.54. The van der Waals surface area contributed by atoms with E-state index in [1.807, 2.05) is 0 Å². The van der Waals surface area contributed by atoms with E-state index in [0.29, 0.717) is 6.04 Å². The van der Waals surface area contributed by atoms with E-state index in [2.05, 4.69) is 86.2 Å². The Morgan fingerprint density at radius 1 is 1.11 bits per heavy atom. The third kappa shape index (κ3) is 4.48. The standard InChI is InChI=1S/C23H29BrN4/c1-2-25-13-10-23-26-21-8-3-4-9-22(21)28(23)20-11-14-27(15-12-20)17-18-6-5-7-19(24)16-18/h3-9,16,20,25H,2,10-15,17H2,1H3. The van der Waals surface area contributed by atoms with Crippen LogP contribution in [0.15, 0.2) is 53.0 Å². The number of nitrogens with zero attached hydrogens (tertiary/aromatic N) is 3. The van der Waals surface area contributed by atoms with Crippen LogP contribution in [0.1, 0.15) is 37.2 Å². The number of piperidine rings is 1. The summed E-state index contributed by atoms with van der Waals surface area (Å²) in [7, 11) is 0. The molecule has 0 bridgehead atoms. The topological polar surface area (TPSA) is 33.1 Å². The van der Waals surface area contributed by atoms with Gasteiger partial charge in [0.05, 0.1) is 11.0 Å². The van der Waals surface area contributed by atoms with E-state index in [1.165, 1.54) is 29.7 Å². The number of fused-ring (bicyclic) bond motifs is 1. The van der Waals surface area contributed by atoms with E-state index in [0.717, 1.165) is 49.1 Å². The zero-order valence-corrected chi connectivity index (χ0v) is 18.2. The summed E-state index contributed by atoms with van der Waals surface area (Å²) in [6.07, 6.45) is 3.35. The van der Waals surface area contributed by atoms with Gasteiger partial charge >= 0.3 is 0 Å². The average Bonchev–Trinajstić information content (AvgIpc) is 3.07. The predicted molar refractivity (Wildman–Crippen MR) is 120 cm³/mol. The number of para-hydroxylation sites is 2. The van der Waals surface area contributed by atoms with E-state index in [9.17, 15) is 0 Å². The molecule has 28 heavy (non-hydrogen) atoms. The fraction of sp³-hybridized carbons (Fsp3) is 0.435. The first-order valence-corrected chi connectivity index (χ1v) is 11.2. The summed E-state index contributed by atoms with van der Waals surface area (Å²) >= 11 is 3.59. The van der Waals surface area contributed by atoms with Crippen molar-refractivity contribution in [1.82, 2.24) is 19.8 Å². The number of likely N-dealkylation sites (N-methyl/N-ethyl adjacent to an activating group) is 1. The molecule has 0 atom stereocenters. The van der Waals surface area contributed by atoms with Crippen molar-refractivity contribution in [3.8, 4) is 0 Å². The number of rotatable bonds is 7. The summed E-state index contributed by atoms with van der Waals surface area (Å²) in [5, 5.41) is 3.44. The maximum Gasteiger partial charge on any atom is 0.111 e. The van der Waals surface area contributed by atoms with Crippen LogP contribution in [0.2, 0.25) is 0 Å². The van der Waals surface area contributed by atoms with Crippen molar-refractivity contribution in [3.05, 3.63) is 64.4 Å². The molecule has 0 radical (unpaired) electrons. The molecule has 1 N–H and O–H groups in total. The monoisotopic (exact) mass is 440 g/mol. The van der Waals surface area contributed by atoms with Gasteiger partial charge in [-0.1, -0.05) is 47.1 Å². The van der Waals surface area contributed by atoms with Crippen molar-refractivity contribution in [2.45, 2.75) is 38.8 Å². The second kappa shape index (κ2) is 9.21. The van der Waals surface area contributed by atoms with Gasteiger partial charge in [0, 0.05) is 43.1 Å². The summed E-state index contributed by atoms with van der Waals surface area (Å²) in [4.78, 5) is 7.54. The van der Waals surface area contributed by atoms with Crippen molar-refractivity contribution >= 4 is 27.0 Å².